The van der Waals surface area contributed by atoms with Crippen molar-refractivity contribution in [3.05, 3.63) is 24.3 Å². The average molecular weight is 409 g/mol. The molecule has 1 N–H and O–H groups in total. The minimum Gasteiger partial charge on any atom is -0.390 e. The zero-order valence-corrected chi connectivity index (χ0v) is 18.3. The van der Waals surface area contributed by atoms with Crippen LogP contribution in [-0.2, 0) is 9.84 Å². The van der Waals surface area contributed by atoms with Crippen LogP contribution in [0.4, 0.5) is 5.69 Å². The van der Waals surface area contributed by atoms with Gasteiger partial charge in [-0.1, -0.05) is 19.9 Å². The van der Waals surface area contributed by atoms with Crippen LogP contribution in [0.5, 0.6) is 0 Å². The zero-order valence-electron chi connectivity index (χ0n) is 17.4. The molecule has 0 bridgehead atoms. The molecule has 2 saturated heterocycles. The van der Waals surface area contributed by atoms with Crippen molar-refractivity contribution < 1.29 is 13.5 Å². The van der Waals surface area contributed by atoms with Crippen molar-refractivity contribution in [1.29, 1.82) is 0 Å². The normalized spacial score (nSPS) is 21.8. The molecule has 2 fully saturated rings. The Kier molecular flexibility index (Phi) is 7.05. The Balaban J connectivity index is 1.52. The first-order valence-corrected chi connectivity index (χ1v) is 12.5. The minimum atomic E-state index is -3.17. The van der Waals surface area contributed by atoms with Crippen molar-refractivity contribution in [3.8, 4) is 0 Å². The molecule has 0 unspecified atom stereocenters. The van der Waals surface area contributed by atoms with E-state index >= 15 is 0 Å². The summed E-state index contributed by atoms with van der Waals surface area (Å²) in [5.74, 6) is 0.901. The maximum atomic E-state index is 12.4. The number of rotatable bonds is 7. The molecule has 0 aromatic heterocycles. The lowest BCUT2D eigenvalue weighted by atomic mass is 9.88. The maximum absolute atomic E-state index is 12.4. The predicted molar refractivity (Wildman–Crippen MR) is 115 cm³/mol. The molecule has 5 nitrogen and oxygen atoms in total. The van der Waals surface area contributed by atoms with Gasteiger partial charge in [0.1, 0.15) is 0 Å². The van der Waals surface area contributed by atoms with Crippen molar-refractivity contribution in [2.24, 2.45) is 5.92 Å². The van der Waals surface area contributed by atoms with E-state index in [0.29, 0.717) is 17.2 Å². The first kappa shape index (κ1) is 21.6. The summed E-state index contributed by atoms with van der Waals surface area (Å²) < 4.78 is 24.7. The molecular weight excluding hydrogens is 372 g/mol. The van der Waals surface area contributed by atoms with E-state index in [1.165, 1.54) is 0 Å². The third-order valence-corrected chi connectivity index (χ3v) is 8.51. The SMILES string of the molecule is CCCS(=O)(=O)c1cccc(N2CCC(CN3CCC(O)(CC)CC3)CC2)c1. The van der Waals surface area contributed by atoms with Crippen LogP contribution in [0.1, 0.15) is 52.4 Å². The molecule has 2 aliphatic heterocycles. The summed E-state index contributed by atoms with van der Waals surface area (Å²) in [6, 6.07) is 7.46. The van der Waals surface area contributed by atoms with Gasteiger partial charge in [-0.2, -0.15) is 0 Å². The monoisotopic (exact) mass is 408 g/mol. The topological polar surface area (TPSA) is 60.9 Å². The third kappa shape index (κ3) is 5.28. The summed E-state index contributed by atoms with van der Waals surface area (Å²) in [5, 5.41) is 10.4. The second-order valence-electron chi connectivity index (χ2n) is 8.63. The summed E-state index contributed by atoms with van der Waals surface area (Å²) in [6.45, 7) is 9.07. The molecule has 0 radical (unpaired) electrons. The van der Waals surface area contributed by atoms with E-state index < -0.39 is 15.4 Å². The number of hydrogen-bond acceptors (Lipinski definition) is 5. The number of likely N-dealkylation sites (tertiary alicyclic amines) is 1. The summed E-state index contributed by atoms with van der Waals surface area (Å²) >= 11 is 0. The Morgan fingerprint density at radius 3 is 2.39 bits per heavy atom. The van der Waals surface area contributed by atoms with Gasteiger partial charge in [0.15, 0.2) is 9.84 Å². The number of hydrogen-bond donors (Lipinski definition) is 1. The van der Waals surface area contributed by atoms with Gasteiger partial charge in [-0.3, -0.25) is 0 Å². The number of sulfone groups is 1. The fourth-order valence-electron chi connectivity index (χ4n) is 4.50. The van der Waals surface area contributed by atoms with Gasteiger partial charge in [-0.05, 0) is 62.6 Å². The summed E-state index contributed by atoms with van der Waals surface area (Å²) in [5.41, 5.74) is 0.588. The molecule has 0 aliphatic carbocycles. The molecule has 2 aliphatic rings. The molecule has 6 heteroatoms. The van der Waals surface area contributed by atoms with Gasteiger partial charge < -0.3 is 14.9 Å². The molecule has 1 aromatic carbocycles. The molecule has 1 aromatic rings. The summed E-state index contributed by atoms with van der Waals surface area (Å²) in [4.78, 5) is 5.29. The van der Waals surface area contributed by atoms with Gasteiger partial charge in [0.25, 0.3) is 0 Å². The number of nitrogens with zero attached hydrogens (tertiary/aromatic N) is 2. The number of benzene rings is 1. The van der Waals surface area contributed by atoms with Crippen LogP contribution in [0, 0.1) is 5.92 Å². The molecule has 2 heterocycles. The Bertz CT molecular complexity index is 734. The fraction of sp³-hybridized carbons (Fsp3) is 0.727. The maximum Gasteiger partial charge on any atom is 0.178 e. The molecule has 0 saturated carbocycles. The van der Waals surface area contributed by atoms with Crippen LogP contribution >= 0.6 is 0 Å². The molecular formula is C22H36N2O3S. The highest BCUT2D eigenvalue weighted by molar-refractivity contribution is 7.91. The van der Waals surface area contributed by atoms with Crippen LogP contribution in [0.3, 0.4) is 0 Å². The molecule has 3 rings (SSSR count). The first-order valence-electron chi connectivity index (χ1n) is 10.9. The zero-order chi connectivity index (χ0) is 20.2. The van der Waals surface area contributed by atoms with E-state index in [-0.39, 0.29) is 5.75 Å². The third-order valence-electron chi connectivity index (χ3n) is 6.59. The average Bonchev–Trinajstić information content (AvgIpc) is 2.70. The molecule has 0 amide bonds. The molecule has 0 atom stereocenters. The highest BCUT2D eigenvalue weighted by atomic mass is 32.2. The van der Waals surface area contributed by atoms with E-state index in [9.17, 15) is 13.5 Å². The lowest BCUT2D eigenvalue weighted by molar-refractivity contribution is -0.0273. The Labute approximate surface area is 170 Å². The van der Waals surface area contributed by atoms with Crippen molar-refractivity contribution >= 4 is 15.5 Å². The van der Waals surface area contributed by atoms with Crippen molar-refractivity contribution in [3.63, 3.8) is 0 Å². The van der Waals surface area contributed by atoms with E-state index in [0.717, 1.165) is 70.5 Å². The Hall–Kier alpha value is -1.11. The smallest absolute Gasteiger partial charge is 0.178 e. The van der Waals surface area contributed by atoms with Crippen molar-refractivity contribution in [2.45, 2.75) is 62.9 Å². The van der Waals surface area contributed by atoms with Gasteiger partial charge in [-0.15, -0.1) is 0 Å². The predicted octanol–water partition coefficient (Wildman–Crippen LogP) is 3.32. The lowest BCUT2D eigenvalue weighted by Gasteiger charge is -2.41. The Morgan fingerprint density at radius 1 is 1.11 bits per heavy atom. The summed E-state index contributed by atoms with van der Waals surface area (Å²) in [6.07, 6.45) is 5.56. The fourth-order valence-corrected chi connectivity index (χ4v) is 5.86. The molecule has 28 heavy (non-hydrogen) atoms. The second kappa shape index (κ2) is 9.14. The molecule has 158 valence electrons. The van der Waals surface area contributed by atoms with Gasteiger partial charge >= 0.3 is 0 Å². The van der Waals surface area contributed by atoms with Gasteiger partial charge in [0.05, 0.1) is 16.2 Å². The minimum absolute atomic E-state index is 0.210. The highest BCUT2D eigenvalue weighted by Gasteiger charge is 2.31. The van der Waals surface area contributed by atoms with Gasteiger partial charge in [-0.25, -0.2) is 8.42 Å². The highest BCUT2D eigenvalue weighted by Crippen LogP contribution is 2.29. The summed E-state index contributed by atoms with van der Waals surface area (Å²) in [7, 11) is -3.17. The van der Waals surface area contributed by atoms with Crippen LogP contribution in [-0.4, -0.2) is 62.5 Å². The molecule has 0 spiro atoms. The number of anilines is 1. The first-order chi connectivity index (χ1) is 13.3. The van der Waals surface area contributed by atoms with Gasteiger partial charge in [0.2, 0.25) is 0 Å². The number of piperidine rings is 2. The van der Waals surface area contributed by atoms with Crippen LogP contribution in [0.15, 0.2) is 29.2 Å². The van der Waals surface area contributed by atoms with Crippen LogP contribution in [0.25, 0.3) is 0 Å². The van der Waals surface area contributed by atoms with Crippen molar-refractivity contribution in [2.75, 3.05) is 43.4 Å². The van der Waals surface area contributed by atoms with Crippen molar-refractivity contribution in [1.82, 2.24) is 4.90 Å². The van der Waals surface area contributed by atoms with E-state index in [1.54, 1.807) is 6.07 Å². The van der Waals surface area contributed by atoms with Gasteiger partial charge in [0, 0.05) is 38.4 Å². The Morgan fingerprint density at radius 2 is 1.79 bits per heavy atom. The van der Waals surface area contributed by atoms with Crippen LogP contribution in [0.2, 0.25) is 0 Å². The van der Waals surface area contributed by atoms with Crippen LogP contribution < -0.4 is 4.90 Å². The van der Waals surface area contributed by atoms with E-state index in [2.05, 4.69) is 16.7 Å². The quantitative estimate of drug-likeness (QED) is 0.750. The second-order valence-corrected chi connectivity index (χ2v) is 10.7. The lowest BCUT2D eigenvalue weighted by Crippen LogP contribution is -2.46. The standard InChI is InChI=1S/C22H36N2O3S/c1-3-16-28(26,27)21-7-5-6-20(17-21)24-12-8-19(9-13-24)18-23-14-10-22(25,4-2)11-15-23/h5-7,17,19,25H,3-4,8-16,18H2,1-2H3. The van der Waals surface area contributed by atoms with E-state index in [4.69, 9.17) is 0 Å². The number of aliphatic hydroxyl groups is 1. The largest absolute Gasteiger partial charge is 0.390 e. The van der Waals surface area contributed by atoms with E-state index in [1.807, 2.05) is 25.1 Å².